The van der Waals surface area contributed by atoms with Crippen LogP contribution in [-0.4, -0.2) is 30.7 Å². The number of hydrogen-bond acceptors (Lipinski definition) is 3. The predicted octanol–water partition coefficient (Wildman–Crippen LogP) is 8.06. The number of ketones is 1. The molecular formula is C28H44ClNO3. The van der Waals surface area contributed by atoms with Crippen molar-refractivity contribution in [3.63, 3.8) is 0 Å². The molecule has 0 aromatic heterocycles. The summed E-state index contributed by atoms with van der Waals surface area (Å²) in [6, 6.07) is 15.8. The quantitative estimate of drug-likeness (QED) is 0.405. The molecule has 0 aliphatic heterocycles. The van der Waals surface area contributed by atoms with Gasteiger partial charge < -0.3 is 14.4 Å². The largest absolute Gasteiger partial charge is 0.497 e. The first-order valence-corrected chi connectivity index (χ1v) is 12.2. The van der Waals surface area contributed by atoms with E-state index in [0.717, 1.165) is 35.6 Å². The molecule has 0 saturated carbocycles. The fourth-order valence-corrected chi connectivity index (χ4v) is 2.99. The molecule has 1 unspecified atom stereocenters. The maximum Gasteiger partial charge on any atom is 0.222 e. The van der Waals surface area contributed by atoms with Gasteiger partial charge in [-0.3, -0.25) is 4.79 Å². The van der Waals surface area contributed by atoms with Crippen LogP contribution in [0.3, 0.4) is 0 Å². The van der Waals surface area contributed by atoms with Gasteiger partial charge in [-0.15, -0.1) is 0 Å². The van der Waals surface area contributed by atoms with Crippen molar-refractivity contribution >= 4 is 23.3 Å². The van der Waals surface area contributed by atoms with Gasteiger partial charge in [-0.05, 0) is 56.5 Å². The Morgan fingerprint density at radius 3 is 1.82 bits per heavy atom. The van der Waals surface area contributed by atoms with Gasteiger partial charge in [0.15, 0.2) is 0 Å². The number of aryl methyl sites for hydroxylation is 1. The smallest absolute Gasteiger partial charge is 0.222 e. The zero-order chi connectivity index (χ0) is 25.8. The van der Waals surface area contributed by atoms with Gasteiger partial charge in [-0.2, -0.15) is 0 Å². The van der Waals surface area contributed by atoms with Gasteiger partial charge in [0, 0.05) is 24.9 Å². The van der Waals surface area contributed by atoms with Crippen LogP contribution in [-0.2, 0) is 9.59 Å². The zero-order valence-electron chi connectivity index (χ0n) is 22.1. The molecule has 2 aromatic rings. The molecule has 186 valence electrons. The van der Waals surface area contributed by atoms with Crippen LogP contribution in [0.4, 0.5) is 0 Å². The molecule has 2 rings (SSSR count). The van der Waals surface area contributed by atoms with Crippen LogP contribution in [0.1, 0.15) is 84.4 Å². The molecule has 5 heteroatoms. The molecule has 0 aliphatic carbocycles. The van der Waals surface area contributed by atoms with E-state index in [1.807, 2.05) is 88.2 Å². The first kappa shape index (κ1) is 32.8. The molecule has 33 heavy (non-hydrogen) atoms. The summed E-state index contributed by atoms with van der Waals surface area (Å²) < 4.78 is 4.97. The fourth-order valence-electron chi connectivity index (χ4n) is 2.87. The van der Waals surface area contributed by atoms with E-state index in [2.05, 4.69) is 13.8 Å². The highest BCUT2D eigenvalue weighted by Crippen LogP contribution is 2.24. The Kier molecular flexibility index (Phi) is 20.2. The van der Waals surface area contributed by atoms with Crippen LogP contribution in [0.25, 0.3) is 0 Å². The summed E-state index contributed by atoms with van der Waals surface area (Å²) in [5, 5.41) is 0.725. The average Bonchev–Trinajstić information content (AvgIpc) is 2.82. The molecule has 0 radical (unpaired) electrons. The highest BCUT2D eigenvalue weighted by atomic mass is 35.5. The van der Waals surface area contributed by atoms with E-state index < -0.39 is 0 Å². The number of carbonyl (C=O) groups excluding carboxylic acids is 2. The molecule has 4 nitrogen and oxygen atoms in total. The van der Waals surface area contributed by atoms with Crippen LogP contribution in [0.5, 0.6) is 5.75 Å². The van der Waals surface area contributed by atoms with Gasteiger partial charge in [0.1, 0.15) is 11.5 Å². The minimum Gasteiger partial charge on any atom is -0.497 e. The zero-order valence-corrected chi connectivity index (χ0v) is 22.8. The molecule has 0 saturated heterocycles. The number of halogens is 1. The van der Waals surface area contributed by atoms with E-state index >= 15 is 0 Å². The number of hydrogen-bond donors (Lipinski definition) is 0. The summed E-state index contributed by atoms with van der Waals surface area (Å²) >= 11 is 5.85. The van der Waals surface area contributed by atoms with Gasteiger partial charge in [0.05, 0.1) is 13.2 Å². The summed E-state index contributed by atoms with van der Waals surface area (Å²) in [6.07, 6.45) is 3.17. The van der Waals surface area contributed by atoms with E-state index in [0.29, 0.717) is 6.42 Å². The third-order valence-corrected chi connectivity index (χ3v) is 4.92. The fraction of sp³-hybridized carbons (Fsp3) is 0.500. The molecule has 0 fully saturated rings. The second kappa shape index (κ2) is 20.3. The lowest BCUT2D eigenvalue weighted by Gasteiger charge is -2.27. The maximum atomic E-state index is 11.7. The molecule has 0 spiro atoms. The first-order chi connectivity index (χ1) is 15.7. The summed E-state index contributed by atoms with van der Waals surface area (Å²) in [5.41, 5.74) is 2.40. The lowest BCUT2D eigenvalue weighted by molar-refractivity contribution is -0.131. The minimum atomic E-state index is 0.143. The Labute approximate surface area is 207 Å². The number of methoxy groups -OCH3 is 1. The van der Waals surface area contributed by atoms with Gasteiger partial charge in [0.2, 0.25) is 5.91 Å². The molecule has 0 heterocycles. The van der Waals surface area contributed by atoms with E-state index in [1.165, 1.54) is 5.56 Å². The molecule has 1 atom stereocenters. The summed E-state index contributed by atoms with van der Waals surface area (Å²) in [4.78, 5) is 23.5. The average molecular weight is 478 g/mol. The molecule has 0 N–H and O–H groups in total. The number of amides is 1. The second-order valence-corrected chi connectivity index (χ2v) is 7.74. The number of Topliss-reactive ketones (excluding diaryl/α,β-unsaturated/α-hetero) is 1. The van der Waals surface area contributed by atoms with Crippen LogP contribution in [0.15, 0.2) is 48.5 Å². The van der Waals surface area contributed by atoms with Gasteiger partial charge >= 0.3 is 0 Å². The number of ether oxygens (including phenoxy) is 1. The molecule has 1 amide bonds. The Morgan fingerprint density at radius 1 is 0.970 bits per heavy atom. The van der Waals surface area contributed by atoms with Gasteiger partial charge in [-0.1, -0.05) is 76.0 Å². The maximum absolute atomic E-state index is 11.7. The van der Waals surface area contributed by atoms with E-state index in [1.54, 1.807) is 14.0 Å². The van der Waals surface area contributed by atoms with Crippen molar-refractivity contribution < 1.29 is 14.3 Å². The Bertz CT molecular complexity index is 758. The van der Waals surface area contributed by atoms with E-state index in [9.17, 15) is 9.59 Å². The summed E-state index contributed by atoms with van der Waals surface area (Å²) in [6.45, 7) is 13.6. The second-order valence-electron chi connectivity index (χ2n) is 7.30. The monoisotopic (exact) mass is 477 g/mol. The van der Waals surface area contributed by atoms with Gasteiger partial charge in [0.25, 0.3) is 0 Å². The lowest BCUT2D eigenvalue weighted by Crippen LogP contribution is -2.30. The molecule has 0 aliphatic rings. The molecular weight excluding hydrogens is 434 g/mol. The van der Waals surface area contributed by atoms with E-state index in [4.69, 9.17) is 16.3 Å². The number of carbonyl (C=O) groups is 2. The van der Waals surface area contributed by atoms with Gasteiger partial charge in [-0.25, -0.2) is 0 Å². The van der Waals surface area contributed by atoms with Crippen LogP contribution >= 0.6 is 11.6 Å². The number of rotatable bonds is 7. The summed E-state index contributed by atoms with van der Waals surface area (Å²) in [5.74, 6) is 1.37. The topological polar surface area (TPSA) is 46.6 Å². The number of nitrogens with zero attached hydrogens (tertiary/aromatic N) is 1. The predicted molar refractivity (Wildman–Crippen MR) is 142 cm³/mol. The van der Waals surface area contributed by atoms with Crippen LogP contribution in [0.2, 0.25) is 5.02 Å². The minimum absolute atomic E-state index is 0.143. The SMILES string of the molecule is CC.CCC(=O)N(C)C(CC)c1ccc(Cl)cc1.CCCC(C)=O.COc1ccc(C)cc1. The van der Waals surface area contributed by atoms with Crippen molar-refractivity contribution in [2.24, 2.45) is 0 Å². The Balaban J connectivity index is 0. The highest BCUT2D eigenvalue weighted by molar-refractivity contribution is 6.30. The van der Waals surface area contributed by atoms with Crippen molar-refractivity contribution in [1.82, 2.24) is 4.90 Å². The van der Waals surface area contributed by atoms with Crippen molar-refractivity contribution in [2.45, 2.75) is 80.2 Å². The van der Waals surface area contributed by atoms with E-state index in [-0.39, 0.29) is 17.7 Å². The lowest BCUT2D eigenvalue weighted by atomic mass is 10.0. The standard InChI is InChI=1S/C13H18ClNO.C8H10O.C5H10O.C2H6/c1-4-12(15(3)13(16)5-2)10-6-8-11(14)9-7-10;1-7-3-5-8(9-2)6-4-7;1-3-4-5(2)6;1-2/h6-9,12H,4-5H2,1-3H3;3-6H,1-2H3;3-4H2,1-2H3;1-2H3. The van der Waals surface area contributed by atoms with Crippen molar-refractivity contribution in [2.75, 3.05) is 14.2 Å². The first-order valence-electron chi connectivity index (χ1n) is 11.8. The highest BCUT2D eigenvalue weighted by Gasteiger charge is 2.18. The van der Waals surface area contributed by atoms with Crippen molar-refractivity contribution in [3.05, 3.63) is 64.7 Å². The van der Waals surface area contributed by atoms with Crippen LogP contribution < -0.4 is 4.74 Å². The Morgan fingerprint density at radius 2 is 1.48 bits per heavy atom. The third-order valence-electron chi connectivity index (χ3n) is 4.66. The number of benzene rings is 2. The normalized spacial score (nSPS) is 10.1. The summed E-state index contributed by atoms with van der Waals surface area (Å²) in [7, 11) is 3.53. The third kappa shape index (κ3) is 15.2. The molecule has 2 aromatic carbocycles. The van der Waals surface area contributed by atoms with Crippen molar-refractivity contribution in [3.8, 4) is 5.75 Å². The van der Waals surface area contributed by atoms with Crippen molar-refractivity contribution in [1.29, 1.82) is 0 Å². The van der Waals surface area contributed by atoms with Crippen LogP contribution in [0, 0.1) is 6.92 Å². The Hall–Kier alpha value is -2.33. The molecule has 0 bridgehead atoms.